The zero-order valence-electron chi connectivity index (χ0n) is 14.9. The van der Waals surface area contributed by atoms with Crippen molar-refractivity contribution in [3.8, 4) is 0 Å². The number of amides is 1. The molecule has 2 atom stereocenters. The summed E-state index contributed by atoms with van der Waals surface area (Å²) in [6.45, 7) is 0. The molecule has 1 aliphatic carbocycles. The molecule has 1 aliphatic rings. The first-order chi connectivity index (χ1) is 13.1. The van der Waals surface area contributed by atoms with Crippen LogP contribution >= 0.6 is 0 Å². The molecule has 0 aromatic carbocycles. The molecule has 140 valence electrons. The van der Waals surface area contributed by atoms with Gasteiger partial charge in [-0.1, -0.05) is 18.9 Å². The summed E-state index contributed by atoms with van der Waals surface area (Å²) >= 11 is 0. The van der Waals surface area contributed by atoms with Crippen molar-refractivity contribution in [2.24, 2.45) is 11.5 Å². The highest BCUT2D eigenvalue weighted by atomic mass is 16.1. The predicted octanol–water partition coefficient (Wildman–Crippen LogP) is 2.25. The lowest BCUT2D eigenvalue weighted by Crippen LogP contribution is -2.42. The van der Waals surface area contributed by atoms with Crippen LogP contribution in [0.5, 0.6) is 0 Å². The summed E-state index contributed by atoms with van der Waals surface area (Å²) in [5, 5.41) is 11.0. The molecule has 0 bridgehead atoms. The van der Waals surface area contributed by atoms with Gasteiger partial charge in [-0.25, -0.2) is 9.50 Å². The van der Waals surface area contributed by atoms with Crippen molar-refractivity contribution in [2.75, 3.05) is 10.6 Å². The number of pyridine rings is 2. The van der Waals surface area contributed by atoms with E-state index in [4.69, 9.17) is 11.5 Å². The summed E-state index contributed by atoms with van der Waals surface area (Å²) < 4.78 is 1.76. The van der Waals surface area contributed by atoms with Crippen molar-refractivity contribution in [1.82, 2.24) is 14.6 Å². The van der Waals surface area contributed by atoms with Crippen LogP contribution in [0.2, 0.25) is 0 Å². The number of hydrogen-bond acceptors (Lipinski definition) is 6. The fourth-order valence-electron chi connectivity index (χ4n) is 3.54. The molecule has 3 aromatic rings. The summed E-state index contributed by atoms with van der Waals surface area (Å²) in [4.78, 5) is 16.2. The van der Waals surface area contributed by atoms with Crippen molar-refractivity contribution in [1.29, 1.82) is 0 Å². The maximum Gasteiger partial charge on any atom is 0.252 e. The van der Waals surface area contributed by atoms with Crippen LogP contribution in [0.3, 0.4) is 0 Å². The van der Waals surface area contributed by atoms with Crippen molar-refractivity contribution in [3.05, 3.63) is 48.4 Å². The number of aromatic nitrogens is 3. The van der Waals surface area contributed by atoms with E-state index < -0.39 is 5.91 Å². The second-order valence-electron chi connectivity index (χ2n) is 6.89. The van der Waals surface area contributed by atoms with Gasteiger partial charge in [-0.15, -0.1) is 0 Å². The van der Waals surface area contributed by atoms with Crippen LogP contribution < -0.4 is 22.1 Å². The number of carbonyl (C=O) groups excluding carboxylic acids is 1. The molecule has 8 nitrogen and oxygen atoms in total. The van der Waals surface area contributed by atoms with E-state index in [0.717, 1.165) is 36.9 Å². The molecule has 6 N–H and O–H groups in total. The smallest absolute Gasteiger partial charge is 0.252 e. The summed E-state index contributed by atoms with van der Waals surface area (Å²) in [5.74, 6) is 0.128. The standard InChI is InChI=1S/C19H23N7O/c20-13-5-1-2-6-14(13)25-18-9-15(12(10-22-18)19(21)27)24-16-11-23-26-8-4-3-7-17(16)26/h3-4,7-11,13-14H,1-2,5-6,20H2,(H2,21,27)(H2,22,24,25). The normalized spacial score (nSPS) is 19.7. The number of primary amides is 1. The molecule has 1 saturated carbocycles. The van der Waals surface area contributed by atoms with Gasteiger partial charge in [0.2, 0.25) is 0 Å². The molecular formula is C19H23N7O. The van der Waals surface area contributed by atoms with E-state index in [9.17, 15) is 4.79 Å². The van der Waals surface area contributed by atoms with Gasteiger partial charge in [0.25, 0.3) is 5.91 Å². The average molecular weight is 365 g/mol. The molecule has 0 saturated heterocycles. The zero-order chi connectivity index (χ0) is 18.8. The van der Waals surface area contributed by atoms with E-state index in [2.05, 4.69) is 20.7 Å². The minimum atomic E-state index is -0.539. The zero-order valence-corrected chi connectivity index (χ0v) is 14.9. The first-order valence-corrected chi connectivity index (χ1v) is 9.13. The fraction of sp³-hybridized carbons (Fsp3) is 0.316. The molecule has 0 spiro atoms. The molecule has 0 radical (unpaired) electrons. The number of nitrogens with one attached hydrogen (secondary N) is 2. The third kappa shape index (κ3) is 3.56. The molecule has 4 rings (SSSR count). The van der Waals surface area contributed by atoms with Crippen LogP contribution in [-0.4, -0.2) is 32.6 Å². The van der Waals surface area contributed by atoms with Crippen LogP contribution in [0.1, 0.15) is 36.0 Å². The topological polar surface area (TPSA) is 123 Å². The van der Waals surface area contributed by atoms with Gasteiger partial charge in [-0.3, -0.25) is 4.79 Å². The lowest BCUT2D eigenvalue weighted by molar-refractivity contribution is 0.100. The number of anilines is 3. The highest BCUT2D eigenvalue weighted by Crippen LogP contribution is 2.27. The molecule has 3 heterocycles. The minimum absolute atomic E-state index is 0.104. The van der Waals surface area contributed by atoms with E-state index >= 15 is 0 Å². The number of fused-ring (bicyclic) bond motifs is 1. The summed E-state index contributed by atoms with van der Waals surface area (Å²) in [6.07, 6.45) is 9.40. The Labute approximate surface area is 157 Å². The monoisotopic (exact) mass is 365 g/mol. The van der Waals surface area contributed by atoms with Crippen LogP contribution in [0.15, 0.2) is 42.9 Å². The molecule has 3 aromatic heterocycles. The minimum Gasteiger partial charge on any atom is -0.366 e. The van der Waals surface area contributed by atoms with E-state index in [1.165, 1.54) is 6.20 Å². The van der Waals surface area contributed by atoms with Gasteiger partial charge in [0.05, 0.1) is 28.7 Å². The molecule has 0 aliphatic heterocycles. The van der Waals surface area contributed by atoms with Crippen molar-refractivity contribution in [3.63, 3.8) is 0 Å². The SMILES string of the molecule is NC(=O)c1cnc(NC2CCCCC2N)cc1Nc1cnn2ccccc12. The van der Waals surface area contributed by atoms with Gasteiger partial charge in [-0.2, -0.15) is 5.10 Å². The Bertz CT molecular complexity index is 968. The second kappa shape index (κ2) is 7.24. The Morgan fingerprint density at radius 2 is 2.04 bits per heavy atom. The first kappa shape index (κ1) is 17.3. The molecule has 27 heavy (non-hydrogen) atoms. The van der Waals surface area contributed by atoms with Crippen molar-refractivity contribution < 1.29 is 4.79 Å². The largest absolute Gasteiger partial charge is 0.366 e. The average Bonchev–Trinajstić information content (AvgIpc) is 3.07. The number of carbonyl (C=O) groups is 1. The molecule has 1 fully saturated rings. The lowest BCUT2D eigenvalue weighted by atomic mass is 9.91. The highest BCUT2D eigenvalue weighted by molar-refractivity contribution is 6.00. The Morgan fingerprint density at radius 3 is 2.85 bits per heavy atom. The number of nitrogens with two attached hydrogens (primary N) is 2. The maximum atomic E-state index is 11.8. The third-order valence-electron chi connectivity index (χ3n) is 5.02. The van der Waals surface area contributed by atoms with Crippen LogP contribution in [0.4, 0.5) is 17.2 Å². The molecule has 1 amide bonds. The molecule has 2 unspecified atom stereocenters. The number of rotatable bonds is 5. The van der Waals surface area contributed by atoms with Crippen LogP contribution in [0, 0.1) is 0 Å². The Morgan fingerprint density at radius 1 is 1.19 bits per heavy atom. The quantitative estimate of drug-likeness (QED) is 0.550. The van der Waals surface area contributed by atoms with E-state index in [1.54, 1.807) is 16.8 Å². The second-order valence-corrected chi connectivity index (χ2v) is 6.89. The molecule has 8 heteroatoms. The first-order valence-electron chi connectivity index (χ1n) is 9.13. The Kier molecular flexibility index (Phi) is 4.64. The van der Waals surface area contributed by atoms with Gasteiger partial charge in [0, 0.05) is 30.5 Å². The van der Waals surface area contributed by atoms with Gasteiger partial charge < -0.3 is 22.1 Å². The van der Waals surface area contributed by atoms with Gasteiger partial charge in [-0.05, 0) is 25.0 Å². The number of hydrogen-bond donors (Lipinski definition) is 4. The highest BCUT2D eigenvalue weighted by Gasteiger charge is 2.22. The number of nitrogens with zero attached hydrogens (tertiary/aromatic N) is 3. The van der Waals surface area contributed by atoms with Gasteiger partial charge in [0.15, 0.2) is 0 Å². The van der Waals surface area contributed by atoms with Crippen molar-refractivity contribution in [2.45, 2.75) is 37.8 Å². The van der Waals surface area contributed by atoms with Gasteiger partial charge >= 0.3 is 0 Å². The van der Waals surface area contributed by atoms with E-state index in [0.29, 0.717) is 17.1 Å². The van der Waals surface area contributed by atoms with E-state index in [-0.39, 0.29) is 12.1 Å². The van der Waals surface area contributed by atoms with Gasteiger partial charge in [0.1, 0.15) is 5.82 Å². The summed E-state index contributed by atoms with van der Waals surface area (Å²) in [5.41, 5.74) is 14.3. The third-order valence-corrected chi connectivity index (χ3v) is 5.02. The van der Waals surface area contributed by atoms with E-state index in [1.807, 2.05) is 24.4 Å². The van der Waals surface area contributed by atoms with Crippen LogP contribution in [0.25, 0.3) is 5.52 Å². The Hall–Kier alpha value is -3.13. The maximum absolute atomic E-state index is 11.8. The Balaban J connectivity index is 1.64. The fourth-order valence-corrected chi connectivity index (χ4v) is 3.54. The van der Waals surface area contributed by atoms with Crippen molar-refractivity contribution >= 4 is 28.6 Å². The van der Waals surface area contributed by atoms with Crippen LogP contribution in [-0.2, 0) is 0 Å². The summed E-state index contributed by atoms with van der Waals surface area (Å²) in [6, 6.07) is 7.86. The lowest BCUT2D eigenvalue weighted by Gasteiger charge is -2.29. The molecular weight excluding hydrogens is 342 g/mol. The predicted molar refractivity (Wildman–Crippen MR) is 105 cm³/mol. The summed E-state index contributed by atoms with van der Waals surface area (Å²) in [7, 11) is 0.